The van der Waals surface area contributed by atoms with Crippen molar-refractivity contribution in [3.05, 3.63) is 0 Å². The molecule has 0 aromatic rings. The molecule has 0 aliphatic heterocycles. The van der Waals surface area contributed by atoms with Gasteiger partial charge in [0.05, 0.1) is 18.6 Å². The Kier molecular flexibility index (Phi) is 0.971. The first kappa shape index (κ1) is 6.89. The van der Waals surface area contributed by atoms with Crippen LogP contribution in [0, 0.1) is 23.2 Å². The number of methoxy groups -OCH3 is 1. The van der Waals surface area contributed by atoms with Gasteiger partial charge in [-0.2, -0.15) is 0 Å². The monoisotopic (exact) mass is 168 g/mol. The summed E-state index contributed by atoms with van der Waals surface area (Å²) in [6.45, 7) is 0. The van der Waals surface area contributed by atoms with Gasteiger partial charge in [-0.25, -0.2) is 0 Å². The maximum atomic E-state index is 11.4. The molecule has 0 saturated heterocycles. The summed E-state index contributed by atoms with van der Waals surface area (Å²) in [5, 5.41) is 9.65. The minimum Gasteiger partial charge on any atom is -0.469 e. The largest absolute Gasteiger partial charge is 0.469 e. The lowest BCUT2D eigenvalue weighted by Gasteiger charge is -2.06. The second-order valence-electron chi connectivity index (χ2n) is 4.35. The van der Waals surface area contributed by atoms with Crippen LogP contribution in [-0.4, -0.2) is 24.3 Å². The Balaban J connectivity index is 1.96. The number of carbonyl (C=O) groups excluding carboxylic acids is 1. The first-order chi connectivity index (χ1) is 5.71. The fourth-order valence-corrected chi connectivity index (χ4v) is 3.70. The molecule has 0 spiro atoms. The quantitative estimate of drug-likeness (QED) is 0.568. The van der Waals surface area contributed by atoms with E-state index in [0.29, 0.717) is 11.8 Å². The number of rotatable bonds is 1. The molecule has 66 valence electrons. The van der Waals surface area contributed by atoms with Crippen LogP contribution in [0.2, 0.25) is 0 Å². The highest BCUT2D eigenvalue weighted by Gasteiger charge is 2.82. The molecule has 0 amide bonds. The van der Waals surface area contributed by atoms with E-state index in [4.69, 9.17) is 4.74 Å². The third kappa shape index (κ3) is 0.454. The molecular formula is C9H12O3. The smallest absolute Gasteiger partial charge is 0.312 e. The van der Waals surface area contributed by atoms with Crippen LogP contribution < -0.4 is 0 Å². The topological polar surface area (TPSA) is 46.5 Å². The van der Waals surface area contributed by atoms with E-state index < -0.39 is 0 Å². The fourth-order valence-electron chi connectivity index (χ4n) is 3.70. The van der Waals surface area contributed by atoms with Crippen LogP contribution in [0.1, 0.15) is 12.8 Å². The van der Waals surface area contributed by atoms with E-state index in [1.54, 1.807) is 0 Å². The van der Waals surface area contributed by atoms with E-state index in [1.165, 1.54) is 7.11 Å². The van der Waals surface area contributed by atoms with Crippen LogP contribution in [0.4, 0.5) is 0 Å². The predicted octanol–water partition coefficient (Wildman–Crippen LogP) is 0.176. The molecular weight excluding hydrogens is 156 g/mol. The summed E-state index contributed by atoms with van der Waals surface area (Å²) in [7, 11) is 1.44. The Morgan fingerprint density at radius 2 is 2.42 bits per heavy atom. The summed E-state index contributed by atoms with van der Waals surface area (Å²) in [6, 6.07) is 0. The molecule has 0 radical (unpaired) electrons. The zero-order valence-corrected chi connectivity index (χ0v) is 6.99. The number of carbonyl (C=O) groups is 1. The summed E-state index contributed by atoms with van der Waals surface area (Å²) in [4.78, 5) is 11.4. The fraction of sp³-hybridized carbons (Fsp3) is 0.889. The molecule has 4 aliphatic rings. The van der Waals surface area contributed by atoms with Crippen LogP contribution in [-0.2, 0) is 9.53 Å². The zero-order valence-electron chi connectivity index (χ0n) is 6.99. The highest BCUT2D eigenvalue weighted by Crippen LogP contribution is 2.79. The minimum absolute atomic E-state index is 0.0865. The molecule has 4 bridgehead atoms. The molecule has 0 unspecified atom stereocenters. The lowest BCUT2D eigenvalue weighted by Crippen LogP contribution is -2.18. The molecule has 4 rings (SSSR count). The SMILES string of the molecule is COC(=O)[C@]12C[C@@H]3C[C@H]1[C@H]2[C@H]3O. The van der Waals surface area contributed by atoms with Crippen molar-refractivity contribution in [3.63, 3.8) is 0 Å². The number of aliphatic hydroxyl groups is 1. The van der Waals surface area contributed by atoms with Crippen molar-refractivity contribution in [1.82, 2.24) is 0 Å². The van der Waals surface area contributed by atoms with Gasteiger partial charge in [0.2, 0.25) is 0 Å². The van der Waals surface area contributed by atoms with Gasteiger partial charge in [-0.15, -0.1) is 0 Å². The lowest BCUT2D eigenvalue weighted by atomic mass is 10.1. The van der Waals surface area contributed by atoms with E-state index >= 15 is 0 Å². The molecule has 4 fully saturated rings. The van der Waals surface area contributed by atoms with Gasteiger partial charge in [0.15, 0.2) is 0 Å². The molecule has 3 heteroatoms. The summed E-state index contributed by atoms with van der Waals surface area (Å²) < 4.78 is 4.77. The molecule has 12 heavy (non-hydrogen) atoms. The Hall–Kier alpha value is -0.570. The van der Waals surface area contributed by atoms with E-state index in [-0.39, 0.29) is 23.4 Å². The molecule has 5 atom stereocenters. The minimum atomic E-state index is -0.237. The summed E-state index contributed by atoms with van der Waals surface area (Å²) >= 11 is 0. The number of hydrogen-bond acceptors (Lipinski definition) is 3. The van der Waals surface area contributed by atoms with E-state index in [9.17, 15) is 9.90 Å². The van der Waals surface area contributed by atoms with Crippen LogP contribution in [0.5, 0.6) is 0 Å². The standard InChI is InChI=1S/C9H12O3/c1-12-8(11)9-3-4-2-5(9)6(9)7(4)10/h4-7,10H,2-3H2,1H3/t4-,5-,6-,7-,9+/m0/s1. The van der Waals surface area contributed by atoms with E-state index in [0.717, 1.165) is 12.8 Å². The van der Waals surface area contributed by atoms with Gasteiger partial charge in [0, 0.05) is 5.92 Å². The number of aliphatic hydroxyl groups excluding tert-OH is 1. The van der Waals surface area contributed by atoms with Crippen molar-refractivity contribution < 1.29 is 14.6 Å². The highest BCUT2D eigenvalue weighted by molar-refractivity contribution is 5.83. The highest BCUT2D eigenvalue weighted by atomic mass is 16.5. The van der Waals surface area contributed by atoms with Gasteiger partial charge in [-0.3, -0.25) is 4.79 Å². The molecule has 0 aromatic heterocycles. The van der Waals surface area contributed by atoms with Crippen molar-refractivity contribution in [2.24, 2.45) is 23.2 Å². The first-order valence-electron chi connectivity index (χ1n) is 4.48. The van der Waals surface area contributed by atoms with Crippen molar-refractivity contribution in [2.45, 2.75) is 18.9 Å². The van der Waals surface area contributed by atoms with Gasteiger partial charge in [-0.05, 0) is 24.7 Å². The number of ether oxygens (including phenoxy) is 1. The molecule has 3 nitrogen and oxygen atoms in total. The zero-order chi connectivity index (χ0) is 8.51. The van der Waals surface area contributed by atoms with E-state index in [1.807, 2.05) is 0 Å². The Labute approximate surface area is 70.7 Å². The first-order valence-corrected chi connectivity index (χ1v) is 4.48. The Bertz CT molecular complexity index is 262. The third-order valence-electron chi connectivity index (χ3n) is 4.15. The summed E-state index contributed by atoms with van der Waals surface area (Å²) in [5.41, 5.74) is -0.237. The average molecular weight is 168 g/mol. The number of esters is 1. The van der Waals surface area contributed by atoms with Gasteiger partial charge >= 0.3 is 5.97 Å². The maximum absolute atomic E-state index is 11.4. The second kappa shape index (κ2) is 1.69. The van der Waals surface area contributed by atoms with Crippen molar-refractivity contribution in [3.8, 4) is 0 Å². The van der Waals surface area contributed by atoms with Crippen molar-refractivity contribution in [2.75, 3.05) is 7.11 Å². The van der Waals surface area contributed by atoms with Gasteiger partial charge < -0.3 is 9.84 Å². The van der Waals surface area contributed by atoms with Crippen molar-refractivity contribution in [1.29, 1.82) is 0 Å². The number of hydrogen-bond donors (Lipinski definition) is 1. The molecule has 4 saturated carbocycles. The van der Waals surface area contributed by atoms with Crippen LogP contribution in [0.15, 0.2) is 0 Å². The Morgan fingerprint density at radius 1 is 1.67 bits per heavy atom. The molecule has 1 N–H and O–H groups in total. The summed E-state index contributed by atoms with van der Waals surface area (Å²) in [6.07, 6.45) is 1.70. The van der Waals surface area contributed by atoms with E-state index in [2.05, 4.69) is 0 Å². The van der Waals surface area contributed by atoms with Crippen LogP contribution in [0.3, 0.4) is 0 Å². The average Bonchev–Trinajstić information content (AvgIpc) is 2.44. The van der Waals surface area contributed by atoms with Crippen LogP contribution in [0.25, 0.3) is 0 Å². The van der Waals surface area contributed by atoms with Gasteiger partial charge in [0.1, 0.15) is 0 Å². The van der Waals surface area contributed by atoms with Gasteiger partial charge in [0.25, 0.3) is 0 Å². The second-order valence-corrected chi connectivity index (χ2v) is 4.35. The molecule has 0 heterocycles. The molecule has 4 aliphatic carbocycles. The predicted molar refractivity (Wildman–Crippen MR) is 40.2 cm³/mol. The Morgan fingerprint density at radius 3 is 2.75 bits per heavy atom. The molecule has 0 aromatic carbocycles. The third-order valence-corrected chi connectivity index (χ3v) is 4.15. The lowest BCUT2D eigenvalue weighted by molar-refractivity contribution is -0.147. The van der Waals surface area contributed by atoms with Gasteiger partial charge in [-0.1, -0.05) is 0 Å². The maximum Gasteiger partial charge on any atom is 0.312 e. The summed E-state index contributed by atoms with van der Waals surface area (Å²) in [5.74, 6) is 0.996. The van der Waals surface area contributed by atoms with Crippen molar-refractivity contribution >= 4 is 5.97 Å². The normalized spacial score (nSPS) is 58.8. The van der Waals surface area contributed by atoms with Crippen LogP contribution >= 0.6 is 0 Å².